The first-order valence-electron chi connectivity index (χ1n) is 10.1. The first-order chi connectivity index (χ1) is 13.0. The van der Waals surface area contributed by atoms with Gasteiger partial charge in [-0.25, -0.2) is 4.79 Å². The standard InChI is InChI=1S/C24H28O3/c1-2-23(27)13-14-24(19-8-4-3-5-9-19)20(16-23)10-6-7-17-15-18(22(25)26)11-12-21(17)24/h3-5,8-9,11-12,15,20,27H,2,6-7,10,13-14,16H2,1H3,(H,25,26)/t20-,23+,24?/m0/s1. The van der Waals surface area contributed by atoms with Crippen molar-refractivity contribution in [3.05, 3.63) is 70.8 Å². The van der Waals surface area contributed by atoms with Crippen LogP contribution in [-0.2, 0) is 11.8 Å². The zero-order valence-corrected chi connectivity index (χ0v) is 15.9. The Hall–Kier alpha value is -2.13. The van der Waals surface area contributed by atoms with Gasteiger partial charge >= 0.3 is 5.97 Å². The van der Waals surface area contributed by atoms with Gasteiger partial charge in [0.05, 0.1) is 11.2 Å². The van der Waals surface area contributed by atoms with Gasteiger partial charge in [-0.3, -0.25) is 0 Å². The summed E-state index contributed by atoms with van der Waals surface area (Å²) in [5.74, 6) is -0.494. The van der Waals surface area contributed by atoms with Gasteiger partial charge < -0.3 is 10.2 Å². The van der Waals surface area contributed by atoms with Gasteiger partial charge in [0.2, 0.25) is 0 Å². The van der Waals surface area contributed by atoms with Gasteiger partial charge in [-0.15, -0.1) is 0 Å². The minimum atomic E-state index is -0.864. The van der Waals surface area contributed by atoms with E-state index in [9.17, 15) is 15.0 Å². The van der Waals surface area contributed by atoms with Crippen molar-refractivity contribution in [2.24, 2.45) is 5.92 Å². The van der Waals surface area contributed by atoms with E-state index in [4.69, 9.17) is 0 Å². The average molecular weight is 364 g/mol. The molecule has 3 atom stereocenters. The van der Waals surface area contributed by atoms with Crippen LogP contribution in [0.3, 0.4) is 0 Å². The van der Waals surface area contributed by atoms with E-state index >= 15 is 0 Å². The zero-order valence-electron chi connectivity index (χ0n) is 15.9. The lowest BCUT2D eigenvalue weighted by molar-refractivity contribution is -0.0415. The normalized spacial score (nSPS) is 30.1. The second-order valence-electron chi connectivity index (χ2n) is 8.39. The summed E-state index contributed by atoms with van der Waals surface area (Å²) in [5.41, 5.74) is 3.41. The van der Waals surface area contributed by atoms with Crippen LogP contribution in [0.1, 0.15) is 72.5 Å². The van der Waals surface area contributed by atoms with Crippen molar-refractivity contribution >= 4 is 5.97 Å². The number of aromatic carboxylic acids is 1. The van der Waals surface area contributed by atoms with Gasteiger partial charge in [0, 0.05) is 5.41 Å². The molecule has 2 N–H and O–H groups in total. The van der Waals surface area contributed by atoms with Gasteiger partial charge in [-0.05, 0) is 79.7 Å². The van der Waals surface area contributed by atoms with Crippen LogP contribution >= 0.6 is 0 Å². The lowest BCUT2D eigenvalue weighted by Gasteiger charge is -2.50. The van der Waals surface area contributed by atoms with E-state index in [2.05, 4.69) is 37.3 Å². The number of hydrogen-bond donors (Lipinski definition) is 2. The Morgan fingerprint density at radius 3 is 2.63 bits per heavy atom. The van der Waals surface area contributed by atoms with Crippen molar-refractivity contribution < 1.29 is 15.0 Å². The Balaban J connectivity index is 1.91. The molecule has 0 spiro atoms. The van der Waals surface area contributed by atoms with Crippen LogP contribution in [0.5, 0.6) is 0 Å². The van der Waals surface area contributed by atoms with Crippen molar-refractivity contribution in [2.75, 3.05) is 0 Å². The molecule has 0 heterocycles. The molecule has 1 unspecified atom stereocenters. The maximum absolute atomic E-state index is 11.5. The van der Waals surface area contributed by atoms with Gasteiger partial charge in [0.15, 0.2) is 0 Å². The minimum Gasteiger partial charge on any atom is -0.478 e. The molecule has 0 aliphatic heterocycles. The highest BCUT2D eigenvalue weighted by atomic mass is 16.4. The van der Waals surface area contributed by atoms with Gasteiger partial charge in [-0.2, -0.15) is 0 Å². The van der Waals surface area contributed by atoms with E-state index in [-0.39, 0.29) is 5.41 Å². The predicted octanol–water partition coefficient (Wildman–Crippen LogP) is 4.95. The number of hydrogen-bond acceptors (Lipinski definition) is 2. The molecule has 0 saturated heterocycles. The minimum absolute atomic E-state index is 0.133. The van der Waals surface area contributed by atoms with Crippen molar-refractivity contribution in [3.8, 4) is 0 Å². The fourth-order valence-corrected chi connectivity index (χ4v) is 5.57. The molecule has 2 aliphatic carbocycles. The van der Waals surface area contributed by atoms with E-state index in [0.29, 0.717) is 11.5 Å². The summed E-state index contributed by atoms with van der Waals surface area (Å²) in [6, 6.07) is 16.4. The molecule has 2 aromatic carbocycles. The quantitative estimate of drug-likeness (QED) is 0.810. The SMILES string of the molecule is CC[C@@]1(O)CCC2(c3ccccc3)c3ccc(C(=O)O)cc3CCC[C@H]2C1. The molecule has 3 heteroatoms. The molecular formula is C24H28O3. The molecule has 2 aromatic rings. The van der Waals surface area contributed by atoms with Crippen LogP contribution in [0.25, 0.3) is 0 Å². The highest BCUT2D eigenvalue weighted by Gasteiger charge is 2.51. The van der Waals surface area contributed by atoms with Gasteiger partial charge in [0.1, 0.15) is 0 Å². The molecule has 1 fully saturated rings. The molecule has 4 rings (SSSR count). The predicted molar refractivity (Wildman–Crippen MR) is 106 cm³/mol. The number of carboxylic acid groups (broad SMARTS) is 1. The molecule has 2 aliphatic rings. The number of aliphatic hydroxyl groups is 1. The van der Waals surface area contributed by atoms with Crippen LogP contribution in [0.15, 0.2) is 48.5 Å². The summed E-state index contributed by atoms with van der Waals surface area (Å²) in [6.07, 6.45) is 6.31. The van der Waals surface area contributed by atoms with Crippen molar-refractivity contribution in [1.82, 2.24) is 0 Å². The van der Waals surface area contributed by atoms with Gasteiger partial charge in [0.25, 0.3) is 0 Å². The van der Waals surface area contributed by atoms with E-state index in [1.807, 2.05) is 12.1 Å². The average Bonchev–Trinajstić information content (AvgIpc) is 2.85. The Kier molecular flexibility index (Phi) is 4.59. The van der Waals surface area contributed by atoms with Crippen LogP contribution in [0.2, 0.25) is 0 Å². The molecule has 0 amide bonds. The van der Waals surface area contributed by atoms with Crippen molar-refractivity contribution in [2.45, 2.75) is 62.9 Å². The Bertz CT molecular complexity index is 844. The lowest BCUT2D eigenvalue weighted by atomic mass is 9.55. The van der Waals surface area contributed by atoms with Crippen LogP contribution < -0.4 is 0 Å². The summed E-state index contributed by atoms with van der Waals surface area (Å²) in [4.78, 5) is 11.5. The van der Waals surface area contributed by atoms with Crippen molar-refractivity contribution in [1.29, 1.82) is 0 Å². The molecule has 1 saturated carbocycles. The second kappa shape index (κ2) is 6.79. The Labute approximate surface area is 161 Å². The Morgan fingerprint density at radius 2 is 1.93 bits per heavy atom. The lowest BCUT2D eigenvalue weighted by Crippen LogP contribution is -2.48. The number of fused-ring (bicyclic) bond motifs is 3. The number of aryl methyl sites for hydroxylation is 1. The van der Waals surface area contributed by atoms with Gasteiger partial charge in [-0.1, -0.05) is 43.3 Å². The summed E-state index contributed by atoms with van der Waals surface area (Å²) < 4.78 is 0. The molecule has 3 nitrogen and oxygen atoms in total. The number of carboxylic acids is 1. The third-order valence-corrected chi connectivity index (χ3v) is 7.09. The topological polar surface area (TPSA) is 57.5 Å². The Morgan fingerprint density at radius 1 is 1.15 bits per heavy atom. The maximum atomic E-state index is 11.5. The molecule has 27 heavy (non-hydrogen) atoms. The first-order valence-corrected chi connectivity index (χ1v) is 10.1. The third kappa shape index (κ3) is 2.98. The fraction of sp³-hybridized carbons (Fsp3) is 0.458. The third-order valence-electron chi connectivity index (χ3n) is 7.09. The molecule has 142 valence electrons. The maximum Gasteiger partial charge on any atom is 0.335 e. The highest BCUT2D eigenvalue weighted by molar-refractivity contribution is 5.88. The molecule has 0 bridgehead atoms. The zero-order chi connectivity index (χ0) is 19.1. The first kappa shape index (κ1) is 18.2. The fourth-order valence-electron chi connectivity index (χ4n) is 5.57. The van der Waals surface area contributed by atoms with E-state index < -0.39 is 11.6 Å². The molecule has 0 radical (unpaired) electrons. The van der Waals surface area contributed by atoms with Crippen molar-refractivity contribution in [3.63, 3.8) is 0 Å². The van der Waals surface area contributed by atoms with E-state index in [1.54, 1.807) is 6.07 Å². The van der Waals surface area contributed by atoms with E-state index in [0.717, 1.165) is 44.9 Å². The summed E-state index contributed by atoms with van der Waals surface area (Å²) in [7, 11) is 0. The van der Waals surface area contributed by atoms with Crippen LogP contribution in [0, 0.1) is 5.92 Å². The second-order valence-corrected chi connectivity index (χ2v) is 8.39. The summed E-state index contributed by atoms with van der Waals surface area (Å²) in [5, 5.41) is 20.5. The number of rotatable bonds is 3. The molecule has 0 aromatic heterocycles. The number of carbonyl (C=O) groups is 1. The van der Waals surface area contributed by atoms with Crippen LogP contribution in [-0.4, -0.2) is 21.8 Å². The summed E-state index contributed by atoms with van der Waals surface area (Å²) in [6.45, 7) is 2.08. The van der Waals surface area contributed by atoms with Crippen LogP contribution in [0.4, 0.5) is 0 Å². The summed E-state index contributed by atoms with van der Waals surface area (Å²) >= 11 is 0. The number of benzene rings is 2. The highest BCUT2D eigenvalue weighted by Crippen LogP contribution is 2.55. The monoisotopic (exact) mass is 364 g/mol. The molecular weight excluding hydrogens is 336 g/mol. The van der Waals surface area contributed by atoms with E-state index in [1.165, 1.54) is 16.7 Å². The largest absolute Gasteiger partial charge is 0.478 e. The smallest absolute Gasteiger partial charge is 0.335 e.